The second kappa shape index (κ2) is 11.4. The Balaban J connectivity index is 2.84. The molecule has 11 heteroatoms. The fraction of sp³-hybridized carbons (Fsp3) is 0.545. The van der Waals surface area contributed by atoms with Gasteiger partial charge in [-0.2, -0.15) is 5.01 Å². The number of urea groups is 1. The molecule has 0 aromatic heterocycles. The Labute approximate surface area is 193 Å². The van der Waals surface area contributed by atoms with E-state index in [4.69, 9.17) is 15.2 Å². The smallest absolute Gasteiger partial charge is 0.339 e. The molecule has 1 rings (SSSR count). The summed E-state index contributed by atoms with van der Waals surface area (Å²) in [6.45, 7) is 10.3. The van der Waals surface area contributed by atoms with Crippen LogP contribution in [0.5, 0.6) is 0 Å². The molecule has 33 heavy (non-hydrogen) atoms. The van der Waals surface area contributed by atoms with Crippen molar-refractivity contribution in [3.05, 3.63) is 29.8 Å². The largest absolute Gasteiger partial charge is 0.460 e. The summed E-state index contributed by atoms with van der Waals surface area (Å²) in [5.74, 6) is -1.76. The lowest BCUT2D eigenvalue weighted by molar-refractivity contribution is -0.158. The average molecular weight is 464 g/mol. The Kier molecular flexibility index (Phi) is 9.50. The first-order valence-electron chi connectivity index (χ1n) is 10.4. The van der Waals surface area contributed by atoms with E-state index in [-0.39, 0.29) is 12.8 Å². The number of rotatable bonds is 8. The molecule has 0 saturated heterocycles. The third-order valence-electron chi connectivity index (χ3n) is 3.79. The van der Waals surface area contributed by atoms with Crippen LogP contribution in [0.3, 0.4) is 0 Å². The summed E-state index contributed by atoms with van der Waals surface area (Å²) < 4.78 is 10.6. The topological polar surface area (TPSA) is 153 Å². The zero-order valence-corrected chi connectivity index (χ0v) is 20.2. The number of nitrogens with zero attached hydrogens (tertiary/aromatic N) is 3. The highest BCUT2D eigenvalue weighted by atomic mass is 16.6. The summed E-state index contributed by atoms with van der Waals surface area (Å²) in [6, 6.07) is 4.15. The summed E-state index contributed by atoms with van der Waals surface area (Å²) in [5, 5.41) is 11.1. The van der Waals surface area contributed by atoms with E-state index in [1.807, 2.05) is 0 Å². The molecule has 1 aromatic rings. The van der Waals surface area contributed by atoms with Crippen molar-refractivity contribution in [1.82, 2.24) is 10.3 Å². The normalized spacial score (nSPS) is 12.7. The number of primary amides is 1. The van der Waals surface area contributed by atoms with Crippen LogP contribution in [0, 0.1) is 0 Å². The SMILES string of the molecule is CN(N=Nc1ccc(C(N)=O)cc1)C(=O)N[C@@H](CCC(=O)OC(C)(C)C)C(=O)OC(C)(C)C. The van der Waals surface area contributed by atoms with Crippen LogP contribution < -0.4 is 11.1 Å². The number of benzene rings is 1. The molecule has 0 bridgehead atoms. The second-order valence-electron chi connectivity index (χ2n) is 9.28. The highest BCUT2D eigenvalue weighted by molar-refractivity contribution is 5.93. The Morgan fingerprint density at radius 1 is 1.00 bits per heavy atom. The van der Waals surface area contributed by atoms with Crippen molar-refractivity contribution in [3.8, 4) is 0 Å². The maximum absolute atomic E-state index is 12.6. The fourth-order valence-corrected chi connectivity index (χ4v) is 2.37. The number of amides is 3. The number of hydrogen-bond acceptors (Lipinski definition) is 8. The Hall–Kier alpha value is -3.50. The van der Waals surface area contributed by atoms with Gasteiger partial charge in [-0.25, -0.2) is 9.59 Å². The third kappa shape index (κ3) is 11.1. The second-order valence-corrected chi connectivity index (χ2v) is 9.28. The number of carbonyl (C=O) groups is 4. The van der Waals surface area contributed by atoms with Crippen LogP contribution in [0.2, 0.25) is 0 Å². The molecule has 1 atom stereocenters. The van der Waals surface area contributed by atoms with Crippen molar-refractivity contribution in [2.24, 2.45) is 16.1 Å². The fourth-order valence-electron chi connectivity index (χ4n) is 2.37. The van der Waals surface area contributed by atoms with Gasteiger partial charge in [-0.1, -0.05) is 5.22 Å². The molecule has 0 radical (unpaired) electrons. The third-order valence-corrected chi connectivity index (χ3v) is 3.79. The van der Waals surface area contributed by atoms with E-state index in [2.05, 4.69) is 15.7 Å². The predicted molar refractivity (Wildman–Crippen MR) is 120 cm³/mol. The van der Waals surface area contributed by atoms with E-state index in [1.54, 1.807) is 41.5 Å². The van der Waals surface area contributed by atoms with Crippen molar-refractivity contribution in [3.63, 3.8) is 0 Å². The van der Waals surface area contributed by atoms with E-state index in [0.29, 0.717) is 11.3 Å². The number of nitrogens with one attached hydrogen (secondary N) is 1. The van der Waals surface area contributed by atoms with Gasteiger partial charge >= 0.3 is 18.0 Å². The van der Waals surface area contributed by atoms with Crippen LogP contribution in [0.4, 0.5) is 10.5 Å². The Bertz CT molecular complexity index is 884. The summed E-state index contributed by atoms with van der Waals surface area (Å²) >= 11 is 0. The zero-order chi connectivity index (χ0) is 25.4. The van der Waals surface area contributed by atoms with Gasteiger partial charge in [0.05, 0.1) is 5.69 Å². The highest BCUT2D eigenvalue weighted by Gasteiger charge is 2.29. The van der Waals surface area contributed by atoms with E-state index in [0.717, 1.165) is 5.01 Å². The number of hydrogen-bond donors (Lipinski definition) is 2. The molecular weight excluding hydrogens is 430 g/mol. The van der Waals surface area contributed by atoms with Gasteiger partial charge in [0, 0.05) is 19.0 Å². The van der Waals surface area contributed by atoms with Crippen LogP contribution in [0.25, 0.3) is 0 Å². The maximum atomic E-state index is 12.6. The number of esters is 2. The van der Waals surface area contributed by atoms with Crippen LogP contribution in [0.1, 0.15) is 64.7 Å². The molecule has 3 amide bonds. The molecule has 1 aromatic carbocycles. The molecule has 0 saturated carbocycles. The van der Waals surface area contributed by atoms with Gasteiger partial charge in [0.15, 0.2) is 0 Å². The van der Waals surface area contributed by atoms with Crippen molar-refractivity contribution < 1.29 is 28.7 Å². The van der Waals surface area contributed by atoms with Gasteiger partial charge in [-0.3, -0.25) is 9.59 Å². The van der Waals surface area contributed by atoms with Crippen molar-refractivity contribution >= 4 is 29.6 Å². The zero-order valence-electron chi connectivity index (χ0n) is 20.2. The molecule has 0 aliphatic carbocycles. The lowest BCUT2D eigenvalue weighted by Crippen LogP contribution is -2.47. The van der Waals surface area contributed by atoms with Crippen molar-refractivity contribution in [2.45, 2.75) is 71.6 Å². The first-order chi connectivity index (χ1) is 15.1. The average Bonchev–Trinajstić information content (AvgIpc) is 2.66. The predicted octanol–water partition coefficient (Wildman–Crippen LogP) is 3.26. The first-order valence-corrected chi connectivity index (χ1v) is 10.4. The van der Waals surface area contributed by atoms with E-state index >= 15 is 0 Å². The van der Waals surface area contributed by atoms with Gasteiger partial charge in [0.1, 0.15) is 17.2 Å². The summed E-state index contributed by atoms with van der Waals surface area (Å²) in [6.07, 6.45) is -0.117. The van der Waals surface area contributed by atoms with Crippen molar-refractivity contribution in [1.29, 1.82) is 0 Å². The van der Waals surface area contributed by atoms with Crippen LogP contribution in [-0.2, 0) is 19.1 Å². The highest BCUT2D eigenvalue weighted by Crippen LogP contribution is 2.15. The van der Waals surface area contributed by atoms with Crippen LogP contribution in [-0.4, -0.2) is 53.2 Å². The molecule has 11 nitrogen and oxygen atoms in total. The molecule has 0 aliphatic rings. The minimum atomic E-state index is -1.10. The van der Waals surface area contributed by atoms with Gasteiger partial charge in [0.2, 0.25) is 5.91 Å². The Morgan fingerprint density at radius 2 is 1.55 bits per heavy atom. The monoisotopic (exact) mass is 463 g/mol. The standard InChI is InChI=1S/C22H33N5O6/c1-21(2,3)32-17(28)13-12-16(19(30)33-22(4,5)6)24-20(31)27(7)26-25-15-10-8-14(9-11-15)18(23)29/h8-11,16H,12-13H2,1-7H3,(H2,23,29)(H,24,31)/t16-/m0/s1. The minimum Gasteiger partial charge on any atom is -0.460 e. The van der Waals surface area contributed by atoms with E-state index < -0.39 is 41.1 Å². The molecule has 0 aliphatic heterocycles. The minimum absolute atomic E-state index is 0.0187. The van der Waals surface area contributed by atoms with Gasteiger partial charge < -0.3 is 20.5 Å². The first kappa shape index (κ1) is 27.5. The lowest BCUT2D eigenvalue weighted by atomic mass is 10.1. The van der Waals surface area contributed by atoms with Crippen LogP contribution >= 0.6 is 0 Å². The van der Waals surface area contributed by atoms with E-state index in [1.165, 1.54) is 31.3 Å². The quantitative estimate of drug-likeness (QED) is 0.343. The van der Waals surface area contributed by atoms with Gasteiger partial charge in [-0.15, -0.1) is 5.11 Å². The van der Waals surface area contributed by atoms with Crippen LogP contribution in [0.15, 0.2) is 34.6 Å². The molecule has 0 spiro atoms. The lowest BCUT2D eigenvalue weighted by Gasteiger charge is -2.25. The number of ether oxygens (including phenoxy) is 2. The van der Waals surface area contributed by atoms with Crippen molar-refractivity contribution in [2.75, 3.05) is 7.05 Å². The number of nitrogens with two attached hydrogens (primary N) is 1. The number of carbonyl (C=O) groups excluding carboxylic acids is 4. The summed E-state index contributed by atoms with van der Waals surface area (Å²) in [4.78, 5) is 48.3. The molecular formula is C22H33N5O6. The van der Waals surface area contributed by atoms with Gasteiger partial charge in [-0.05, 0) is 72.2 Å². The Morgan fingerprint density at radius 3 is 2.03 bits per heavy atom. The molecule has 3 N–H and O–H groups in total. The molecule has 0 unspecified atom stereocenters. The maximum Gasteiger partial charge on any atom is 0.339 e. The molecule has 182 valence electrons. The molecule has 0 heterocycles. The van der Waals surface area contributed by atoms with Gasteiger partial charge in [0.25, 0.3) is 0 Å². The molecule has 0 fully saturated rings. The van der Waals surface area contributed by atoms with E-state index in [9.17, 15) is 19.2 Å². The summed E-state index contributed by atoms with van der Waals surface area (Å²) in [5.41, 5.74) is 4.43. The summed E-state index contributed by atoms with van der Waals surface area (Å²) in [7, 11) is 1.34.